The van der Waals surface area contributed by atoms with Gasteiger partial charge in [0.15, 0.2) is 5.78 Å². The quantitative estimate of drug-likeness (QED) is 0.422. The van der Waals surface area contributed by atoms with Crippen LogP contribution in [0, 0.1) is 10.1 Å². The SMILES string of the molecule is CC(=O)c1ccn2cnc([N+](=O)[O-])c2c1. The number of fused-ring (bicyclic) bond motifs is 1. The zero-order valence-corrected chi connectivity index (χ0v) is 7.88. The monoisotopic (exact) mass is 205 g/mol. The first-order valence-corrected chi connectivity index (χ1v) is 4.21. The number of Topliss-reactive ketones (excluding diaryl/α,β-unsaturated/α-hetero) is 1. The Balaban J connectivity index is 2.72. The molecular weight excluding hydrogens is 198 g/mol. The van der Waals surface area contributed by atoms with Crippen molar-refractivity contribution in [2.24, 2.45) is 0 Å². The van der Waals surface area contributed by atoms with Crippen LogP contribution < -0.4 is 0 Å². The lowest BCUT2D eigenvalue weighted by atomic mass is 10.2. The molecule has 0 aliphatic heterocycles. The second kappa shape index (κ2) is 3.16. The largest absolute Gasteiger partial charge is 0.389 e. The van der Waals surface area contributed by atoms with E-state index in [4.69, 9.17) is 0 Å². The Morgan fingerprint density at radius 3 is 2.93 bits per heavy atom. The summed E-state index contributed by atoms with van der Waals surface area (Å²) in [5.41, 5.74) is 0.763. The molecule has 0 aliphatic carbocycles. The van der Waals surface area contributed by atoms with Crippen LogP contribution in [0.1, 0.15) is 17.3 Å². The van der Waals surface area contributed by atoms with Crippen LogP contribution in [0.4, 0.5) is 5.82 Å². The van der Waals surface area contributed by atoms with Crippen molar-refractivity contribution in [2.75, 3.05) is 0 Å². The van der Waals surface area contributed by atoms with Gasteiger partial charge in [-0.2, -0.15) is 0 Å². The van der Waals surface area contributed by atoms with Crippen molar-refractivity contribution < 1.29 is 9.72 Å². The maximum Gasteiger partial charge on any atom is 0.389 e. The van der Waals surface area contributed by atoms with Crippen LogP contribution in [0.2, 0.25) is 0 Å². The van der Waals surface area contributed by atoms with Gasteiger partial charge in [-0.05, 0) is 29.0 Å². The standard InChI is InChI=1S/C9H7N3O3/c1-6(13)7-2-3-11-5-10-9(12(14)15)8(11)4-7/h2-5H,1H3. The van der Waals surface area contributed by atoms with Crippen LogP contribution in [0.5, 0.6) is 0 Å². The maximum atomic E-state index is 11.1. The number of ketones is 1. The Bertz CT molecular complexity index is 559. The molecule has 0 amide bonds. The highest BCUT2D eigenvalue weighted by atomic mass is 16.6. The second-order valence-electron chi connectivity index (χ2n) is 3.09. The normalized spacial score (nSPS) is 10.5. The van der Waals surface area contributed by atoms with Crippen LogP contribution in [-0.2, 0) is 0 Å². The zero-order valence-electron chi connectivity index (χ0n) is 7.88. The van der Waals surface area contributed by atoms with Crippen molar-refractivity contribution in [3.05, 3.63) is 40.3 Å². The smallest absolute Gasteiger partial charge is 0.358 e. The summed E-state index contributed by atoms with van der Waals surface area (Å²) >= 11 is 0. The van der Waals surface area contributed by atoms with E-state index in [2.05, 4.69) is 4.98 Å². The van der Waals surface area contributed by atoms with Gasteiger partial charge in [-0.1, -0.05) is 0 Å². The molecule has 0 saturated carbocycles. The van der Waals surface area contributed by atoms with Gasteiger partial charge in [0.1, 0.15) is 5.52 Å². The molecule has 0 spiro atoms. The van der Waals surface area contributed by atoms with E-state index >= 15 is 0 Å². The van der Waals surface area contributed by atoms with Crippen LogP contribution in [-0.4, -0.2) is 20.1 Å². The number of carbonyl (C=O) groups excluding carboxylic acids is 1. The highest BCUT2D eigenvalue weighted by Crippen LogP contribution is 2.18. The number of hydrogen-bond acceptors (Lipinski definition) is 4. The zero-order chi connectivity index (χ0) is 11.0. The molecule has 0 aliphatic rings. The van der Waals surface area contributed by atoms with Gasteiger partial charge in [0.25, 0.3) is 0 Å². The summed E-state index contributed by atoms with van der Waals surface area (Å²) in [6, 6.07) is 3.06. The van der Waals surface area contributed by atoms with E-state index in [9.17, 15) is 14.9 Å². The summed E-state index contributed by atoms with van der Waals surface area (Å²) in [6.45, 7) is 1.41. The number of carbonyl (C=O) groups is 1. The van der Waals surface area contributed by atoms with Crippen LogP contribution in [0.15, 0.2) is 24.7 Å². The number of aromatic nitrogens is 2. The first-order chi connectivity index (χ1) is 7.09. The predicted molar refractivity (Wildman–Crippen MR) is 51.9 cm³/mol. The molecule has 0 saturated heterocycles. The van der Waals surface area contributed by atoms with Crippen molar-refractivity contribution in [2.45, 2.75) is 6.92 Å². The molecule has 2 rings (SSSR count). The Kier molecular flexibility index (Phi) is 1.96. The Morgan fingerprint density at radius 2 is 2.33 bits per heavy atom. The lowest BCUT2D eigenvalue weighted by Crippen LogP contribution is -1.95. The number of nitrogens with zero attached hydrogens (tertiary/aromatic N) is 3. The van der Waals surface area contributed by atoms with E-state index in [-0.39, 0.29) is 11.6 Å². The van der Waals surface area contributed by atoms with Gasteiger partial charge < -0.3 is 10.1 Å². The molecular formula is C9H7N3O3. The van der Waals surface area contributed by atoms with E-state index in [1.807, 2.05) is 0 Å². The molecule has 2 aromatic heterocycles. The van der Waals surface area contributed by atoms with Crippen molar-refractivity contribution in [1.82, 2.24) is 9.38 Å². The van der Waals surface area contributed by atoms with E-state index in [1.165, 1.54) is 23.7 Å². The van der Waals surface area contributed by atoms with Crippen LogP contribution in [0.25, 0.3) is 5.52 Å². The summed E-state index contributed by atoms with van der Waals surface area (Å²) in [5, 5.41) is 10.6. The highest BCUT2D eigenvalue weighted by Gasteiger charge is 2.16. The molecule has 0 aromatic carbocycles. The third-order valence-corrected chi connectivity index (χ3v) is 2.10. The van der Waals surface area contributed by atoms with Gasteiger partial charge in [-0.15, -0.1) is 0 Å². The Morgan fingerprint density at radius 1 is 1.60 bits per heavy atom. The summed E-state index contributed by atoms with van der Waals surface area (Å²) in [4.78, 5) is 24.8. The summed E-state index contributed by atoms with van der Waals surface area (Å²) in [7, 11) is 0. The van der Waals surface area contributed by atoms with Gasteiger partial charge in [-0.25, -0.2) is 0 Å². The van der Waals surface area contributed by atoms with Crippen molar-refractivity contribution >= 4 is 17.1 Å². The van der Waals surface area contributed by atoms with Gasteiger partial charge in [0, 0.05) is 11.8 Å². The fourth-order valence-corrected chi connectivity index (χ4v) is 1.33. The van der Waals surface area contributed by atoms with E-state index in [0.29, 0.717) is 11.1 Å². The Hall–Kier alpha value is -2.24. The molecule has 0 radical (unpaired) electrons. The number of nitro groups is 1. The minimum atomic E-state index is -0.570. The minimum Gasteiger partial charge on any atom is -0.358 e. The van der Waals surface area contributed by atoms with Crippen molar-refractivity contribution in [3.8, 4) is 0 Å². The van der Waals surface area contributed by atoms with Gasteiger partial charge >= 0.3 is 5.82 Å². The topological polar surface area (TPSA) is 77.5 Å². The predicted octanol–water partition coefficient (Wildman–Crippen LogP) is 1.45. The molecule has 6 heteroatoms. The Labute approximate surface area is 84.3 Å². The summed E-state index contributed by atoms with van der Waals surface area (Å²) in [5.74, 6) is -0.369. The third-order valence-electron chi connectivity index (χ3n) is 2.10. The number of hydrogen-bond donors (Lipinski definition) is 0. The maximum absolute atomic E-state index is 11.1. The molecule has 15 heavy (non-hydrogen) atoms. The van der Waals surface area contributed by atoms with Gasteiger partial charge in [0.05, 0.1) is 0 Å². The second-order valence-corrected chi connectivity index (χ2v) is 3.09. The summed E-state index contributed by atoms with van der Waals surface area (Å²) < 4.78 is 1.50. The number of pyridine rings is 1. The van der Waals surface area contributed by atoms with E-state index in [1.54, 1.807) is 12.3 Å². The van der Waals surface area contributed by atoms with E-state index in [0.717, 1.165) is 0 Å². The molecule has 6 nitrogen and oxygen atoms in total. The van der Waals surface area contributed by atoms with Gasteiger partial charge in [-0.3, -0.25) is 9.20 Å². The molecule has 76 valence electrons. The summed E-state index contributed by atoms with van der Waals surface area (Å²) in [6.07, 6.45) is 2.92. The van der Waals surface area contributed by atoms with Gasteiger partial charge in [0.2, 0.25) is 6.33 Å². The number of rotatable bonds is 2. The lowest BCUT2D eigenvalue weighted by molar-refractivity contribution is -0.387. The van der Waals surface area contributed by atoms with Crippen molar-refractivity contribution in [1.29, 1.82) is 0 Å². The van der Waals surface area contributed by atoms with E-state index < -0.39 is 4.92 Å². The first-order valence-electron chi connectivity index (χ1n) is 4.21. The molecule has 0 fully saturated rings. The molecule has 0 bridgehead atoms. The fraction of sp³-hybridized carbons (Fsp3) is 0.111. The fourth-order valence-electron chi connectivity index (χ4n) is 1.33. The van der Waals surface area contributed by atoms with Crippen LogP contribution >= 0.6 is 0 Å². The van der Waals surface area contributed by atoms with Crippen molar-refractivity contribution in [3.63, 3.8) is 0 Å². The van der Waals surface area contributed by atoms with Crippen LogP contribution in [0.3, 0.4) is 0 Å². The molecule has 0 atom stereocenters. The first kappa shape index (κ1) is 9.32. The molecule has 0 unspecified atom stereocenters. The molecule has 0 N–H and O–H groups in total. The minimum absolute atomic E-state index is 0.131. The molecule has 2 heterocycles. The molecule has 2 aromatic rings. The third kappa shape index (κ3) is 1.45. The number of imidazole rings is 1. The average Bonchev–Trinajstić information content (AvgIpc) is 2.59. The highest BCUT2D eigenvalue weighted by molar-refractivity contribution is 5.95. The lowest BCUT2D eigenvalue weighted by Gasteiger charge is -1.96. The average molecular weight is 205 g/mol.